The number of nitrogens with zero attached hydrogens (tertiary/aromatic N) is 3. The van der Waals surface area contributed by atoms with Gasteiger partial charge in [0, 0.05) is 26.2 Å². The Morgan fingerprint density at radius 1 is 1.03 bits per heavy atom. The van der Waals surface area contributed by atoms with Gasteiger partial charge in [0.2, 0.25) is 5.91 Å². The Morgan fingerprint density at radius 3 is 2.27 bits per heavy atom. The van der Waals surface area contributed by atoms with Gasteiger partial charge in [0.1, 0.15) is 12.1 Å². The summed E-state index contributed by atoms with van der Waals surface area (Å²) in [7, 11) is 0. The summed E-state index contributed by atoms with van der Waals surface area (Å²) in [6.45, 7) is 5.04. The first kappa shape index (κ1) is 21.6. The standard InChI is InChI=1S/C21H28N4O5/c1-3-10-21(16-8-6-5-7-9-16)18(27)25(19(28)22-21)15-17(26)23-11-13-24(14-12-23)20(29)30-4-2/h5-9H,3-4,10-15H2,1-2H3,(H,22,28). The van der Waals surface area contributed by atoms with E-state index < -0.39 is 23.6 Å². The molecule has 1 atom stereocenters. The molecule has 162 valence electrons. The predicted molar refractivity (Wildman–Crippen MR) is 108 cm³/mol. The number of ether oxygens (including phenoxy) is 1. The van der Waals surface area contributed by atoms with Crippen molar-refractivity contribution in [3.8, 4) is 0 Å². The molecule has 3 rings (SSSR count). The van der Waals surface area contributed by atoms with Gasteiger partial charge in [-0.25, -0.2) is 9.59 Å². The number of carbonyl (C=O) groups excluding carboxylic acids is 4. The number of nitrogens with one attached hydrogen (secondary N) is 1. The average molecular weight is 416 g/mol. The molecule has 2 aliphatic heterocycles. The van der Waals surface area contributed by atoms with Crippen LogP contribution in [-0.4, -0.2) is 78.0 Å². The van der Waals surface area contributed by atoms with E-state index in [9.17, 15) is 19.2 Å². The average Bonchev–Trinajstić information content (AvgIpc) is 3.00. The minimum Gasteiger partial charge on any atom is -0.450 e. The smallest absolute Gasteiger partial charge is 0.409 e. The second-order valence-electron chi connectivity index (χ2n) is 7.41. The van der Waals surface area contributed by atoms with Gasteiger partial charge in [0.25, 0.3) is 5.91 Å². The Bertz CT molecular complexity index is 807. The summed E-state index contributed by atoms with van der Waals surface area (Å²) in [4.78, 5) is 54.6. The molecule has 2 heterocycles. The van der Waals surface area contributed by atoms with Crippen LogP contribution in [0.2, 0.25) is 0 Å². The fraction of sp³-hybridized carbons (Fsp3) is 0.524. The molecule has 9 heteroatoms. The molecule has 2 aliphatic rings. The second-order valence-corrected chi connectivity index (χ2v) is 7.41. The highest BCUT2D eigenvalue weighted by molar-refractivity contribution is 6.09. The normalized spacial score (nSPS) is 21.6. The molecule has 0 spiro atoms. The lowest BCUT2D eigenvalue weighted by molar-refractivity contribution is -0.140. The van der Waals surface area contributed by atoms with Gasteiger partial charge in [0.05, 0.1) is 6.61 Å². The molecule has 0 aromatic heterocycles. The maximum atomic E-state index is 13.3. The van der Waals surface area contributed by atoms with Crippen molar-refractivity contribution < 1.29 is 23.9 Å². The van der Waals surface area contributed by atoms with E-state index in [1.54, 1.807) is 16.7 Å². The lowest BCUT2D eigenvalue weighted by atomic mass is 9.85. The number of urea groups is 1. The van der Waals surface area contributed by atoms with Crippen molar-refractivity contribution in [3.05, 3.63) is 35.9 Å². The van der Waals surface area contributed by atoms with Crippen LogP contribution in [0.5, 0.6) is 0 Å². The van der Waals surface area contributed by atoms with Gasteiger partial charge in [-0.3, -0.25) is 14.5 Å². The highest BCUT2D eigenvalue weighted by Crippen LogP contribution is 2.33. The SMILES string of the molecule is CCCC1(c2ccccc2)NC(=O)N(CC(=O)N2CCN(C(=O)OCC)CC2)C1=O. The summed E-state index contributed by atoms with van der Waals surface area (Å²) in [5.41, 5.74) is -0.432. The second kappa shape index (κ2) is 9.15. The van der Waals surface area contributed by atoms with Crippen LogP contribution in [-0.2, 0) is 19.9 Å². The van der Waals surface area contributed by atoms with Crippen LogP contribution in [0.3, 0.4) is 0 Å². The molecule has 2 fully saturated rings. The molecule has 30 heavy (non-hydrogen) atoms. The predicted octanol–water partition coefficient (Wildman–Crippen LogP) is 1.53. The van der Waals surface area contributed by atoms with E-state index in [4.69, 9.17) is 4.74 Å². The zero-order valence-electron chi connectivity index (χ0n) is 17.4. The van der Waals surface area contributed by atoms with E-state index in [2.05, 4.69) is 5.32 Å². The number of piperazine rings is 1. The third-order valence-electron chi connectivity index (χ3n) is 5.52. The van der Waals surface area contributed by atoms with Gasteiger partial charge in [0.15, 0.2) is 0 Å². The van der Waals surface area contributed by atoms with Gasteiger partial charge in [-0.2, -0.15) is 0 Å². The number of benzene rings is 1. The van der Waals surface area contributed by atoms with E-state index in [-0.39, 0.29) is 12.5 Å². The zero-order chi connectivity index (χ0) is 21.7. The molecule has 1 aromatic carbocycles. The lowest BCUT2D eigenvalue weighted by Gasteiger charge is -2.34. The topological polar surface area (TPSA) is 99.3 Å². The maximum Gasteiger partial charge on any atom is 0.409 e. The first-order chi connectivity index (χ1) is 14.4. The molecule has 0 bridgehead atoms. The van der Waals surface area contributed by atoms with Crippen LogP contribution in [0.4, 0.5) is 9.59 Å². The van der Waals surface area contributed by atoms with Gasteiger partial charge in [-0.1, -0.05) is 43.7 Å². The number of hydrogen-bond donors (Lipinski definition) is 1. The Labute approximate surface area is 175 Å². The van der Waals surface area contributed by atoms with Gasteiger partial charge >= 0.3 is 12.1 Å². The Morgan fingerprint density at radius 2 is 1.67 bits per heavy atom. The van der Waals surface area contributed by atoms with Crippen molar-refractivity contribution in [2.75, 3.05) is 39.3 Å². The van der Waals surface area contributed by atoms with Crippen molar-refractivity contribution >= 4 is 23.9 Å². The highest BCUT2D eigenvalue weighted by Gasteiger charge is 2.52. The molecular weight excluding hydrogens is 388 g/mol. The van der Waals surface area contributed by atoms with Crippen LogP contribution < -0.4 is 5.32 Å². The molecule has 0 radical (unpaired) electrons. The number of rotatable bonds is 6. The van der Waals surface area contributed by atoms with Gasteiger partial charge < -0.3 is 19.9 Å². The fourth-order valence-corrected chi connectivity index (χ4v) is 3.97. The summed E-state index contributed by atoms with van der Waals surface area (Å²) >= 11 is 0. The van der Waals surface area contributed by atoms with E-state index in [1.807, 2.05) is 37.3 Å². The first-order valence-electron chi connectivity index (χ1n) is 10.3. The molecule has 0 saturated carbocycles. The third kappa shape index (κ3) is 4.10. The first-order valence-corrected chi connectivity index (χ1v) is 10.3. The Hall–Kier alpha value is -3.10. The number of hydrogen-bond acceptors (Lipinski definition) is 5. The van der Waals surface area contributed by atoms with Crippen LogP contribution >= 0.6 is 0 Å². The monoisotopic (exact) mass is 416 g/mol. The quantitative estimate of drug-likeness (QED) is 0.709. The third-order valence-corrected chi connectivity index (χ3v) is 5.52. The van der Waals surface area contributed by atoms with E-state index >= 15 is 0 Å². The number of carbonyl (C=O) groups is 4. The van der Waals surface area contributed by atoms with Crippen LogP contribution in [0.1, 0.15) is 32.3 Å². The summed E-state index contributed by atoms with van der Waals surface area (Å²) in [5, 5.41) is 2.83. The molecule has 1 N–H and O–H groups in total. The highest BCUT2D eigenvalue weighted by atomic mass is 16.6. The zero-order valence-corrected chi connectivity index (χ0v) is 17.4. The van der Waals surface area contributed by atoms with E-state index in [0.717, 1.165) is 4.90 Å². The number of imide groups is 1. The fourth-order valence-electron chi connectivity index (χ4n) is 3.97. The van der Waals surface area contributed by atoms with Crippen LogP contribution in [0.25, 0.3) is 0 Å². The van der Waals surface area contributed by atoms with Gasteiger partial charge in [-0.05, 0) is 18.9 Å². The minimum absolute atomic E-state index is 0.297. The molecule has 9 nitrogen and oxygen atoms in total. The molecule has 2 saturated heterocycles. The maximum absolute atomic E-state index is 13.3. The van der Waals surface area contributed by atoms with Crippen molar-refractivity contribution in [1.82, 2.24) is 20.0 Å². The summed E-state index contributed by atoms with van der Waals surface area (Å²) < 4.78 is 4.98. The van der Waals surface area contributed by atoms with Gasteiger partial charge in [-0.15, -0.1) is 0 Å². The number of amides is 5. The lowest BCUT2D eigenvalue weighted by Crippen LogP contribution is -2.53. The van der Waals surface area contributed by atoms with E-state index in [0.29, 0.717) is 51.2 Å². The minimum atomic E-state index is -1.14. The molecule has 1 aromatic rings. The summed E-state index contributed by atoms with van der Waals surface area (Å²) in [6.07, 6.45) is 0.745. The largest absolute Gasteiger partial charge is 0.450 e. The molecule has 0 aliphatic carbocycles. The Kier molecular flexibility index (Phi) is 6.59. The summed E-state index contributed by atoms with van der Waals surface area (Å²) in [6, 6.07) is 8.56. The summed E-state index contributed by atoms with van der Waals surface area (Å²) in [5.74, 6) is -0.721. The van der Waals surface area contributed by atoms with Crippen molar-refractivity contribution in [2.24, 2.45) is 0 Å². The van der Waals surface area contributed by atoms with Crippen molar-refractivity contribution in [1.29, 1.82) is 0 Å². The Balaban J connectivity index is 1.67. The van der Waals surface area contributed by atoms with E-state index in [1.165, 1.54) is 0 Å². The van der Waals surface area contributed by atoms with Crippen LogP contribution in [0, 0.1) is 0 Å². The van der Waals surface area contributed by atoms with Crippen molar-refractivity contribution in [3.63, 3.8) is 0 Å². The van der Waals surface area contributed by atoms with Crippen molar-refractivity contribution in [2.45, 2.75) is 32.2 Å². The van der Waals surface area contributed by atoms with Crippen LogP contribution in [0.15, 0.2) is 30.3 Å². The molecule has 1 unspecified atom stereocenters. The molecule has 5 amide bonds. The molecular formula is C21H28N4O5.